The van der Waals surface area contributed by atoms with Gasteiger partial charge in [0.1, 0.15) is 16.4 Å². The van der Waals surface area contributed by atoms with E-state index in [0.29, 0.717) is 11.3 Å². The Hall–Kier alpha value is -2.58. The number of carbonyl (C=O) groups excluding carboxylic acids is 2. The highest BCUT2D eigenvalue weighted by molar-refractivity contribution is 7.99. The Balaban J connectivity index is 1.57. The van der Waals surface area contributed by atoms with Crippen molar-refractivity contribution in [1.82, 2.24) is 4.90 Å². The molecule has 0 radical (unpaired) electrons. The fraction of sp³-hybridized carbons (Fsp3) is 0.176. The molecule has 2 aromatic carbocycles. The molecule has 0 aromatic heterocycles. The molecule has 0 aliphatic carbocycles. The van der Waals surface area contributed by atoms with E-state index < -0.39 is 11.0 Å². The van der Waals surface area contributed by atoms with Crippen LogP contribution in [-0.2, 0) is 4.79 Å². The van der Waals surface area contributed by atoms with Crippen LogP contribution in [0.25, 0.3) is 0 Å². The molecule has 2 aliphatic rings. The van der Waals surface area contributed by atoms with Gasteiger partial charge in [-0.1, -0.05) is 29.8 Å². The molecule has 2 aliphatic heterocycles. The lowest BCUT2D eigenvalue weighted by atomic mass is 10.1. The lowest BCUT2D eigenvalue weighted by Crippen LogP contribution is -2.42. The summed E-state index contributed by atoms with van der Waals surface area (Å²) in [7, 11) is 0. The van der Waals surface area contributed by atoms with Gasteiger partial charge in [-0.05, 0) is 23.8 Å². The second-order valence-electron chi connectivity index (χ2n) is 5.91. The van der Waals surface area contributed by atoms with E-state index in [2.05, 4.69) is 5.32 Å². The summed E-state index contributed by atoms with van der Waals surface area (Å²) >= 11 is 7.32. The van der Waals surface area contributed by atoms with Crippen molar-refractivity contribution in [2.75, 3.05) is 11.1 Å². The number of thioether (sulfide) groups is 1. The van der Waals surface area contributed by atoms with Gasteiger partial charge in [-0.3, -0.25) is 19.7 Å². The summed E-state index contributed by atoms with van der Waals surface area (Å²) in [5, 5.41) is 13.5. The maximum atomic E-state index is 12.7. The Morgan fingerprint density at radius 1 is 1.31 bits per heavy atom. The number of nitrogens with one attached hydrogen (secondary N) is 1. The Morgan fingerprint density at radius 3 is 2.85 bits per heavy atom. The minimum Gasteiger partial charge on any atom is -0.324 e. The van der Waals surface area contributed by atoms with Crippen LogP contribution in [0.3, 0.4) is 0 Å². The number of rotatable bonds is 3. The number of hydrogen-bond donors (Lipinski definition) is 1. The van der Waals surface area contributed by atoms with Crippen molar-refractivity contribution in [3.63, 3.8) is 0 Å². The van der Waals surface area contributed by atoms with Gasteiger partial charge in [0.2, 0.25) is 5.91 Å². The number of anilines is 1. The predicted molar refractivity (Wildman–Crippen MR) is 98.3 cm³/mol. The summed E-state index contributed by atoms with van der Waals surface area (Å²) in [6, 6.07) is 10.7. The molecule has 2 heterocycles. The van der Waals surface area contributed by atoms with E-state index in [1.807, 2.05) is 12.1 Å². The highest BCUT2D eigenvalue weighted by Gasteiger charge is 2.48. The molecular formula is C17H12ClN3O4S. The Labute approximate surface area is 157 Å². The van der Waals surface area contributed by atoms with Gasteiger partial charge >= 0.3 is 0 Å². The van der Waals surface area contributed by atoms with Crippen LogP contribution in [0.2, 0.25) is 5.02 Å². The second-order valence-corrected chi connectivity index (χ2v) is 7.43. The molecule has 1 saturated heterocycles. The zero-order valence-electron chi connectivity index (χ0n) is 13.2. The molecule has 1 fully saturated rings. The lowest BCUT2D eigenvalue weighted by molar-refractivity contribution is -0.384. The van der Waals surface area contributed by atoms with Crippen molar-refractivity contribution >= 4 is 46.6 Å². The number of carbonyl (C=O) groups is 2. The molecular weight excluding hydrogens is 378 g/mol. The monoisotopic (exact) mass is 389 g/mol. The van der Waals surface area contributed by atoms with Crippen molar-refractivity contribution in [1.29, 1.82) is 0 Å². The predicted octanol–water partition coefficient (Wildman–Crippen LogP) is 3.46. The van der Waals surface area contributed by atoms with Gasteiger partial charge in [0.25, 0.3) is 11.6 Å². The first-order valence-electron chi connectivity index (χ1n) is 7.75. The average molecular weight is 390 g/mol. The molecule has 0 spiro atoms. The van der Waals surface area contributed by atoms with Gasteiger partial charge in [-0.2, -0.15) is 0 Å². The van der Waals surface area contributed by atoms with Crippen molar-refractivity contribution in [3.05, 3.63) is 68.7 Å². The Bertz CT molecular complexity index is 951. The van der Waals surface area contributed by atoms with Crippen LogP contribution in [-0.4, -0.2) is 33.4 Å². The first-order valence-corrected chi connectivity index (χ1v) is 9.18. The summed E-state index contributed by atoms with van der Waals surface area (Å²) in [5.41, 5.74) is 1.51. The highest BCUT2D eigenvalue weighted by atomic mass is 35.5. The number of hydrogen-bond acceptors (Lipinski definition) is 5. The summed E-state index contributed by atoms with van der Waals surface area (Å²) in [6.07, 6.45) is 0. The SMILES string of the molecule is O=C(Nc1ccc(Cl)c([N+](=O)[O-])c1)[C@@H]1CS[C@@H]2c3ccccc3C(=O)N21. The van der Waals surface area contributed by atoms with E-state index in [9.17, 15) is 19.7 Å². The van der Waals surface area contributed by atoms with Gasteiger partial charge in [0.05, 0.1) is 4.92 Å². The van der Waals surface area contributed by atoms with Crippen LogP contribution in [0, 0.1) is 10.1 Å². The van der Waals surface area contributed by atoms with E-state index in [-0.39, 0.29) is 33.6 Å². The molecule has 0 bridgehead atoms. The van der Waals surface area contributed by atoms with Gasteiger partial charge in [-0.25, -0.2) is 0 Å². The van der Waals surface area contributed by atoms with Crippen molar-refractivity contribution in [3.8, 4) is 0 Å². The number of amides is 2. The normalized spacial score (nSPS) is 20.7. The number of nitro benzene ring substituents is 1. The number of nitro groups is 1. The maximum absolute atomic E-state index is 12.7. The molecule has 9 heteroatoms. The Morgan fingerprint density at radius 2 is 2.08 bits per heavy atom. The third-order valence-corrected chi connectivity index (χ3v) is 6.03. The molecule has 7 nitrogen and oxygen atoms in total. The third-order valence-electron chi connectivity index (χ3n) is 4.41. The molecule has 1 N–H and O–H groups in total. The Kier molecular flexibility index (Phi) is 4.08. The summed E-state index contributed by atoms with van der Waals surface area (Å²) < 4.78 is 0. The summed E-state index contributed by atoms with van der Waals surface area (Å²) in [4.78, 5) is 37.3. The highest BCUT2D eigenvalue weighted by Crippen LogP contribution is 2.48. The van der Waals surface area contributed by atoms with E-state index >= 15 is 0 Å². The number of benzene rings is 2. The quantitative estimate of drug-likeness (QED) is 0.641. The third kappa shape index (κ3) is 2.62. The molecule has 132 valence electrons. The van der Waals surface area contributed by atoms with Crippen LogP contribution in [0.5, 0.6) is 0 Å². The number of nitrogens with zero attached hydrogens (tertiary/aromatic N) is 2. The standard InChI is InChI=1S/C17H12ClN3O4S/c18-12-6-5-9(7-13(12)21(24)25)19-15(22)14-8-26-17-11-4-2-1-3-10(11)16(23)20(14)17/h1-7,14,17H,8H2,(H,19,22)/t14-,17+/m0/s1. The first-order chi connectivity index (χ1) is 12.5. The van der Waals surface area contributed by atoms with Crippen LogP contribution >= 0.6 is 23.4 Å². The fourth-order valence-corrected chi connectivity index (χ4v) is 4.85. The van der Waals surface area contributed by atoms with Crippen LogP contribution < -0.4 is 5.32 Å². The van der Waals surface area contributed by atoms with Crippen molar-refractivity contribution < 1.29 is 14.5 Å². The summed E-state index contributed by atoms with van der Waals surface area (Å²) in [5.74, 6) is -0.0812. The number of halogens is 1. The lowest BCUT2D eigenvalue weighted by Gasteiger charge is -2.22. The molecule has 2 amide bonds. The molecule has 26 heavy (non-hydrogen) atoms. The topological polar surface area (TPSA) is 92.5 Å². The molecule has 0 saturated carbocycles. The maximum Gasteiger partial charge on any atom is 0.289 e. The second kappa shape index (κ2) is 6.30. The van der Waals surface area contributed by atoms with Crippen molar-refractivity contribution in [2.24, 2.45) is 0 Å². The average Bonchev–Trinajstić information content (AvgIpc) is 3.17. The molecule has 0 unspecified atom stereocenters. The van der Waals surface area contributed by atoms with Crippen LogP contribution in [0.1, 0.15) is 21.3 Å². The van der Waals surface area contributed by atoms with Gasteiger partial charge in [-0.15, -0.1) is 11.8 Å². The van der Waals surface area contributed by atoms with Gasteiger partial charge in [0.15, 0.2) is 0 Å². The zero-order chi connectivity index (χ0) is 18.4. The largest absolute Gasteiger partial charge is 0.324 e. The van der Waals surface area contributed by atoms with Crippen LogP contribution in [0.4, 0.5) is 11.4 Å². The van der Waals surface area contributed by atoms with Crippen molar-refractivity contribution in [2.45, 2.75) is 11.4 Å². The van der Waals surface area contributed by atoms with E-state index in [4.69, 9.17) is 11.6 Å². The molecule has 4 rings (SSSR count). The van der Waals surface area contributed by atoms with Crippen LogP contribution in [0.15, 0.2) is 42.5 Å². The van der Waals surface area contributed by atoms with Gasteiger partial charge in [0, 0.05) is 23.1 Å². The first kappa shape index (κ1) is 16.9. The van der Waals surface area contributed by atoms with E-state index in [1.54, 1.807) is 17.0 Å². The van der Waals surface area contributed by atoms with E-state index in [0.717, 1.165) is 5.56 Å². The molecule has 2 aromatic rings. The van der Waals surface area contributed by atoms with Gasteiger partial charge < -0.3 is 10.2 Å². The minimum atomic E-state index is -0.639. The fourth-order valence-electron chi connectivity index (χ4n) is 3.20. The summed E-state index contributed by atoms with van der Waals surface area (Å²) in [6.45, 7) is 0. The zero-order valence-corrected chi connectivity index (χ0v) is 14.8. The molecule has 2 atom stereocenters. The van der Waals surface area contributed by atoms with E-state index in [1.165, 1.54) is 30.0 Å². The smallest absolute Gasteiger partial charge is 0.289 e. The minimum absolute atomic E-state index is 0.00495. The number of fused-ring (bicyclic) bond motifs is 3.